The topological polar surface area (TPSA) is 72.9 Å². The van der Waals surface area contributed by atoms with Crippen molar-refractivity contribution in [2.45, 2.75) is 27.3 Å². The van der Waals surface area contributed by atoms with E-state index in [0.29, 0.717) is 23.6 Å². The largest absolute Gasteiger partial charge is 0.395 e. The maximum absolute atomic E-state index is 12.4. The third-order valence-electron chi connectivity index (χ3n) is 3.06. The number of nitrogens with zero attached hydrogens (tertiary/aromatic N) is 2. The van der Waals surface area contributed by atoms with Crippen LogP contribution < -0.4 is 11.1 Å². The molecule has 0 spiro atoms. The van der Waals surface area contributed by atoms with Gasteiger partial charge in [0.15, 0.2) is 0 Å². The zero-order valence-electron chi connectivity index (χ0n) is 11.7. The number of nitrogens with one attached hydrogen (secondary N) is 1. The molecule has 0 radical (unpaired) electrons. The smallest absolute Gasteiger partial charge is 0.276 e. The number of nitrogen functional groups attached to an aromatic ring is 1. The highest BCUT2D eigenvalue weighted by Gasteiger charge is 2.19. The number of rotatable bonds is 3. The molecule has 0 aliphatic rings. The molecule has 0 saturated heterocycles. The average molecular weight is 337 g/mol. The van der Waals surface area contributed by atoms with Crippen LogP contribution in [0, 0.1) is 13.8 Å². The minimum atomic E-state index is -0.253. The van der Waals surface area contributed by atoms with Crippen LogP contribution in [0.2, 0.25) is 0 Å². The molecule has 20 heavy (non-hydrogen) atoms. The van der Waals surface area contributed by atoms with Gasteiger partial charge in [-0.05, 0) is 54.4 Å². The lowest BCUT2D eigenvalue weighted by Crippen LogP contribution is -2.19. The van der Waals surface area contributed by atoms with Gasteiger partial charge in [0.05, 0.1) is 17.1 Å². The first-order valence-electron chi connectivity index (χ1n) is 6.34. The Morgan fingerprint density at radius 2 is 2.15 bits per heavy atom. The van der Waals surface area contributed by atoms with Crippen LogP contribution >= 0.6 is 15.9 Å². The summed E-state index contributed by atoms with van der Waals surface area (Å²) in [7, 11) is 0. The quantitative estimate of drug-likeness (QED) is 0.904. The van der Waals surface area contributed by atoms with Crippen molar-refractivity contribution in [1.29, 1.82) is 0 Å². The van der Waals surface area contributed by atoms with Crippen molar-refractivity contribution in [3.05, 3.63) is 39.6 Å². The summed E-state index contributed by atoms with van der Waals surface area (Å²) >= 11 is 3.42. The zero-order valence-corrected chi connectivity index (χ0v) is 13.3. The van der Waals surface area contributed by atoms with Crippen molar-refractivity contribution in [2.75, 3.05) is 11.1 Å². The Hall–Kier alpha value is -1.82. The summed E-state index contributed by atoms with van der Waals surface area (Å²) < 4.78 is 2.44. The molecule has 0 bridgehead atoms. The summed E-state index contributed by atoms with van der Waals surface area (Å²) in [4.78, 5) is 12.4. The van der Waals surface area contributed by atoms with Gasteiger partial charge in [0, 0.05) is 11.0 Å². The molecule has 5 nitrogen and oxygen atoms in total. The molecule has 0 fully saturated rings. The summed E-state index contributed by atoms with van der Waals surface area (Å²) in [6.07, 6.45) is 0. The number of aryl methyl sites for hydroxylation is 3. The SMILES string of the molecule is CCn1nc(C)c(N)c1C(=O)Nc1cc(C)ccc1Br. The van der Waals surface area contributed by atoms with E-state index < -0.39 is 0 Å². The lowest BCUT2D eigenvalue weighted by atomic mass is 10.2. The molecule has 0 aliphatic heterocycles. The lowest BCUT2D eigenvalue weighted by molar-refractivity contribution is 0.101. The Balaban J connectivity index is 2.35. The molecule has 1 amide bonds. The molecule has 1 heterocycles. The number of amides is 1. The van der Waals surface area contributed by atoms with E-state index in [0.717, 1.165) is 15.7 Å². The molecule has 1 aromatic carbocycles. The van der Waals surface area contributed by atoms with E-state index in [1.54, 1.807) is 11.6 Å². The molecule has 2 rings (SSSR count). The van der Waals surface area contributed by atoms with Gasteiger partial charge in [-0.2, -0.15) is 5.10 Å². The molecular weight excluding hydrogens is 320 g/mol. The lowest BCUT2D eigenvalue weighted by Gasteiger charge is -2.10. The van der Waals surface area contributed by atoms with Crippen molar-refractivity contribution in [2.24, 2.45) is 0 Å². The van der Waals surface area contributed by atoms with Gasteiger partial charge < -0.3 is 11.1 Å². The predicted octanol–water partition coefficient (Wildman–Crippen LogP) is 3.12. The molecule has 2 aromatic rings. The van der Waals surface area contributed by atoms with E-state index in [2.05, 4.69) is 26.3 Å². The maximum atomic E-state index is 12.4. The van der Waals surface area contributed by atoms with Gasteiger partial charge in [-0.1, -0.05) is 6.07 Å². The van der Waals surface area contributed by atoms with Crippen LogP contribution in [-0.2, 0) is 6.54 Å². The standard InChI is InChI=1S/C14H17BrN4O/c1-4-19-13(12(16)9(3)18-19)14(20)17-11-7-8(2)5-6-10(11)15/h5-7H,4,16H2,1-3H3,(H,17,20). The molecule has 0 atom stereocenters. The van der Waals surface area contributed by atoms with Crippen molar-refractivity contribution >= 4 is 33.2 Å². The van der Waals surface area contributed by atoms with Gasteiger partial charge in [0.2, 0.25) is 0 Å². The number of carbonyl (C=O) groups is 1. The molecule has 106 valence electrons. The van der Waals surface area contributed by atoms with E-state index in [1.807, 2.05) is 32.0 Å². The number of anilines is 2. The summed E-state index contributed by atoms with van der Waals surface area (Å²) in [5, 5.41) is 7.12. The number of benzene rings is 1. The first kappa shape index (κ1) is 14.6. The van der Waals surface area contributed by atoms with Gasteiger partial charge in [-0.3, -0.25) is 9.48 Å². The first-order valence-corrected chi connectivity index (χ1v) is 7.13. The number of carbonyl (C=O) groups excluding carboxylic acids is 1. The monoisotopic (exact) mass is 336 g/mol. The number of nitrogens with two attached hydrogens (primary N) is 1. The summed E-state index contributed by atoms with van der Waals surface area (Å²) in [6.45, 7) is 6.28. The molecule has 1 aromatic heterocycles. The third-order valence-corrected chi connectivity index (χ3v) is 3.75. The predicted molar refractivity (Wildman–Crippen MR) is 83.9 cm³/mol. The average Bonchev–Trinajstić information content (AvgIpc) is 2.69. The van der Waals surface area contributed by atoms with Gasteiger partial charge in [0.1, 0.15) is 5.69 Å². The first-order chi connectivity index (χ1) is 9.43. The second kappa shape index (κ2) is 5.66. The van der Waals surface area contributed by atoms with Crippen molar-refractivity contribution in [3.8, 4) is 0 Å². The number of hydrogen-bond donors (Lipinski definition) is 2. The van der Waals surface area contributed by atoms with E-state index >= 15 is 0 Å². The fraction of sp³-hybridized carbons (Fsp3) is 0.286. The number of hydrogen-bond acceptors (Lipinski definition) is 3. The van der Waals surface area contributed by atoms with Gasteiger partial charge in [-0.25, -0.2) is 0 Å². The van der Waals surface area contributed by atoms with Crippen LogP contribution in [0.25, 0.3) is 0 Å². The fourth-order valence-electron chi connectivity index (χ4n) is 1.98. The highest BCUT2D eigenvalue weighted by Crippen LogP contribution is 2.25. The molecule has 0 saturated carbocycles. The Morgan fingerprint density at radius 1 is 1.45 bits per heavy atom. The van der Waals surface area contributed by atoms with Crippen LogP contribution in [0.4, 0.5) is 11.4 Å². The Kier molecular flexibility index (Phi) is 4.13. The minimum absolute atomic E-state index is 0.253. The van der Waals surface area contributed by atoms with E-state index in [9.17, 15) is 4.79 Å². The second-order valence-corrected chi connectivity index (χ2v) is 5.46. The van der Waals surface area contributed by atoms with Gasteiger partial charge in [0.25, 0.3) is 5.91 Å². The van der Waals surface area contributed by atoms with Gasteiger partial charge >= 0.3 is 0 Å². The molecule has 3 N–H and O–H groups in total. The van der Waals surface area contributed by atoms with Crippen molar-refractivity contribution in [1.82, 2.24) is 9.78 Å². The minimum Gasteiger partial charge on any atom is -0.395 e. The van der Waals surface area contributed by atoms with Crippen LogP contribution in [0.5, 0.6) is 0 Å². The number of halogens is 1. The molecule has 0 aliphatic carbocycles. The summed E-state index contributed by atoms with van der Waals surface area (Å²) in [5.74, 6) is -0.253. The van der Waals surface area contributed by atoms with E-state index in [-0.39, 0.29) is 5.91 Å². The summed E-state index contributed by atoms with van der Waals surface area (Å²) in [6, 6.07) is 5.77. The van der Waals surface area contributed by atoms with Gasteiger partial charge in [-0.15, -0.1) is 0 Å². The van der Waals surface area contributed by atoms with Crippen LogP contribution in [-0.4, -0.2) is 15.7 Å². The molecular formula is C14H17BrN4O. The van der Waals surface area contributed by atoms with Crippen molar-refractivity contribution in [3.63, 3.8) is 0 Å². The van der Waals surface area contributed by atoms with E-state index in [4.69, 9.17) is 5.73 Å². The zero-order chi connectivity index (χ0) is 14.9. The normalized spacial score (nSPS) is 10.6. The Bertz CT molecular complexity index is 663. The maximum Gasteiger partial charge on any atom is 0.276 e. The van der Waals surface area contributed by atoms with Crippen LogP contribution in [0.1, 0.15) is 28.7 Å². The highest BCUT2D eigenvalue weighted by molar-refractivity contribution is 9.10. The Labute approximate surface area is 126 Å². The van der Waals surface area contributed by atoms with Crippen LogP contribution in [0.3, 0.4) is 0 Å². The van der Waals surface area contributed by atoms with Crippen LogP contribution in [0.15, 0.2) is 22.7 Å². The molecule has 6 heteroatoms. The summed E-state index contributed by atoms with van der Waals surface area (Å²) in [5.41, 5.74) is 9.22. The van der Waals surface area contributed by atoms with Crippen molar-refractivity contribution < 1.29 is 4.79 Å². The second-order valence-electron chi connectivity index (χ2n) is 4.60. The molecule has 0 unspecified atom stereocenters. The number of aromatic nitrogens is 2. The fourth-order valence-corrected chi connectivity index (χ4v) is 2.33. The van der Waals surface area contributed by atoms with E-state index in [1.165, 1.54) is 0 Å². The third kappa shape index (κ3) is 2.70. The highest BCUT2D eigenvalue weighted by atomic mass is 79.9. The Morgan fingerprint density at radius 3 is 2.80 bits per heavy atom.